The van der Waals surface area contributed by atoms with Crippen molar-refractivity contribution in [1.29, 1.82) is 0 Å². The number of halogens is 1. The van der Waals surface area contributed by atoms with Crippen LogP contribution in [0.1, 0.15) is 11.1 Å². The molecular formula is C15H25IN4. The molecule has 1 aromatic rings. The molecule has 0 aromatic heterocycles. The van der Waals surface area contributed by atoms with Crippen molar-refractivity contribution in [2.75, 3.05) is 27.7 Å². The number of hydrogen-bond acceptors (Lipinski definition) is 2. The fraction of sp³-hybridized carbons (Fsp3) is 0.400. The third-order valence-electron chi connectivity index (χ3n) is 2.69. The number of rotatable bonds is 6. The smallest absolute Gasteiger partial charge is 0.191 e. The van der Waals surface area contributed by atoms with Crippen LogP contribution in [0.15, 0.2) is 41.9 Å². The number of hydrogen-bond donors (Lipinski definition) is 2. The molecule has 1 aromatic carbocycles. The van der Waals surface area contributed by atoms with Gasteiger partial charge in [0.1, 0.15) is 0 Å². The number of benzene rings is 1. The lowest BCUT2D eigenvalue weighted by Gasteiger charge is -2.16. The van der Waals surface area contributed by atoms with E-state index in [-0.39, 0.29) is 24.0 Å². The quantitative estimate of drug-likeness (QED) is 0.340. The molecule has 0 fully saturated rings. The monoisotopic (exact) mass is 388 g/mol. The summed E-state index contributed by atoms with van der Waals surface area (Å²) in [5.41, 5.74) is 2.62. The summed E-state index contributed by atoms with van der Waals surface area (Å²) in [6.45, 7) is 6.09. The first-order valence-electron chi connectivity index (χ1n) is 6.44. The third kappa shape index (κ3) is 6.91. The topological polar surface area (TPSA) is 39.7 Å². The van der Waals surface area contributed by atoms with Crippen molar-refractivity contribution in [2.45, 2.75) is 13.1 Å². The van der Waals surface area contributed by atoms with Gasteiger partial charge in [-0.15, -0.1) is 30.6 Å². The average Bonchev–Trinajstić information content (AvgIpc) is 2.40. The molecule has 0 saturated heterocycles. The zero-order valence-corrected chi connectivity index (χ0v) is 14.8. The highest BCUT2D eigenvalue weighted by Gasteiger charge is 2.03. The van der Waals surface area contributed by atoms with Crippen molar-refractivity contribution >= 4 is 29.9 Å². The van der Waals surface area contributed by atoms with Crippen LogP contribution in [-0.2, 0) is 13.1 Å². The molecule has 0 heterocycles. The maximum absolute atomic E-state index is 4.17. The highest BCUT2D eigenvalue weighted by molar-refractivity contribution is 14.0. The highest BCUT2D eigenvalue weighted by Crippen LogP contribution is 2.10. The van der Waals surface area contributed by atoms with Crippen molar-refractivity contribution in [3.63, 3.8) is 0 Å². The summed E-state index contributed by atoms with van der Waals surface area (Å²) < 4.78 is 0. The van der Waals surface area contributed by atoms with Crippen LogP contribution in [0.25, 0.3) is 0 Å². The van der Waals surface area contributed by atoms with Gasteiger partial charge < -0.3 is 15.5 Å². The van der Waals surface area contributed by atoms with E-state index in [1.165, 1.54) is 11.1 Å². The van der Waals surface area contributed by atoms with E-state index in [1.807, 2.05) is 6.08 Å². The van der Waals surface area contributed by atoms with Crippen LogP contribution in [0, 0.1) is 0 Å². The van der Waals surface area contributed by atoms with Crippen molar-refractivity contribution in [1.82, 2.24) is 15.5 Å². The normalized spacial score (nSPS) is 10.9. The van der Waals surface area contributed by atoms with E-state index in [9.17, 15) is 0 Å². The first kappa shape index (κ1) is 18.9. The molecule has 0 spiro atoms. The summed E-state index contributed by atoms with van der Waals surface area (Å²) in [6, 6.07) is 8.45. The Bertz CT molecular complexity index is 430. The lowest BCUT2D eigenvalue weighted by Crippen LogP contribution is -2.37. The zero-order chi connectivity index (χ0) is 14.1. The molecular weight excluding hydrogens is 363 g/mol. The van der Waals surface area contributed by atoms with Gasteiger partial charge in [0.05, 0.1) is 0 Å². The van der Waals surface area contributed by atoms with Gasteiger partial charge >= 0.3 is 0 Å². The maximum Gasteiger partial charge on any atom is 0.191 e. The van der Waals surface area contributed by atoms with Gasteiger partial charge in [-0.25, -0.2) is 0 Å². The van der Waals surface area contributed by atoms with Crippen molar-refractivity contribution in [3.05, 3.63) is 48.0 Å². The second-order valence-electron chi connectivity index (χ2n) is 4.60. The Kier molecular flexibility index (Phi) is 10.1. The maximum atomic E-state index is 4.17. The second-order valence-corrected chi connectivity index (χ2v) is 4.60. The van der Waals surface area contributed by atoms with E-state index >= 15 is 0 Å². The van der Waals surface area contributed by atoms with Crippen LogP contribution in [0.2, 0.25) is 0 Å². The fourth-order valence-electron chi connectivity index (χ4n) is 1.79. The first-order chi connectivity index (χ1) is 9.17. The van der Waals surface area contributed by atoms with Gasteiger partial charge in [0.2, 0.25) is 0 Å². The minimum Gasteiger partial charge on any atom is -0.353 e. The Hall–Kier alpha value is -1.08. The molecule has 0 aliphatic rings. The second kappa shape index (κ2) is 10.7. The summed E-state index contributed by atoms with van der Waals surface area (Å²) in [7, 11) is 5.92. The Labute approximate surface area is 139 Å². The number of nitrogens with one attached hydrogen (secondary N) is 2. The van der Waals surface area contributed by atoms with Crippen LogP contribution in [0.3, 0.4) is 0 Å². The van der Waals surface area contributed by atoms with Crippen LogP contribution >= 0.6 is 24.0 Å². The summed E-state index contributed by atoms with van der Waals surface area (Å²) in [5.74, 6) is 0.791. The summed E-state index contributed by atoms with van der Waals surface area (Å²) in [5, 5.41) is 6.47. The van der Waals surface area contributed by atoms with Gasteiger partial charge in [0.25, 0.3) is 0 Å². The van der Waals surface area contributed by atoms with Crippen LogP contribution < -0.4 is 10.6 Å². The number of nitrogens with zero attached hydrogens (tertiary/aromatic N) is 2. The van der Waals surface area contributed by atoms with E-state index in [2.05, 4.69) is 65.5 Å². The predicted molar refractivity (Wildman–Crippen MR) is 97.6 cm³/mol. The van der Waals surface area contributed by atoms with E-state index in [0.29, 0.717) is 6.54 Å². The zero-order valence-electron chi connectivity index (χ0n) is 12.5. The van der Waals surface area contributed by atoms with E-state index in [4.69, 9.17) is 0 Å². The van der Waals surface area contributed by atoms with E-state index in [0.717, 1.165) is 19.0 Å². The molecule has 1 rings (SSSR count). The van der Waals surface area contributed by atoms with Gasteiger partial charge in [-0.05, 0) is 25.2 Å². The van der Waals surface area contributed by atoms with Gasteiger partial charge in [-0.1, -0.05) is 30.3 Å². The lowest BCUT2D eigenvalue weighted by atomic mass is 10.1. The molecule has 0 aliphatic heterocycles. The van der Waals surface area contributed by atoms with Crippen LogP contribution in [0.4, 0.5) is 0 Å². The SMILES string of the molecule is C=CCNC(=NC)NCc1ccccc1CN(C)C.I. The molecule has 0 unspecified atom stereocenters. The van der Waals surface area contributed by atoms with Gasteiger partial charge in [-0.3, -0.25) is 4.99 Å². The van der Waals surface area contributed by atoms with Gasteiger partial charge in [-0.2, -0.15) is 0 Å². The molecule has 0 bridgehead atoms. The summed E-state index contributed by atoms with van der Waals surface area (Å²) >= 11 is 0. The van der Waals surface area contributed by atoms with Crippen molar-refractivity contribution in [2.24, 2.45) is 4.99 Å². The first-order valence-corrected chi connectivity index (χ1v) is 6.44. The Balaban J connectivity index is 0.00000361. The molecule has 2 N–H and O–H groups in total. The number of aliphatic imine (C=N–C) groups is 1. The van der Waals surface area contributed by atoms with E-state index < -0.39 is 0 Å². The molecule has 0 saturated carbocycles. The summed E-state index contributed by atoms with van der Waals surface area (Å²) in [6.07, 6.45) is 1.81. The highest BCUT2D eigenvalue weighted by atomic mass is 127. The average molecular weight is 388 g/mol. The van der Waals surface area contributed by atoms with Gasteiger partial charge in [0.15, 0.2) is 5.96 Å². The van der Waals surface area contributed by atoms with Crippen LogP contribution in [-0.4, -0.2) is 38.5 Å². The minimum atomic E-state index is 0. The number of guanidine groups is 1. The van der Waals surface area contributed by atoms with Crippen LogP contribution in [0.5, 0.6) is 0 Å². The molecule has 4 nitrogen and oxygen atoms in total. The Morgan fingerprint density at radius 1 is 1.25 bits per heavy atom. The Morgan fingerprint density at radius 3 is 2.45 bits per heavy atom. The minimum absolute atomic E-state index is 0. The molecule has 0 amide bonds. The standard InChI is InChI=1S/C15H24N4.HI/c1-5-10-17-15(16-2)18-11-13-8-6-7-9-14(13)12-19(3)4;/h5-9H,1,10-12H2,2-4H3,(H2,16,17,18);1H. The molecule has 112 valence electrons. The molecule has 0 atom stereocenters. The summed E-state index contributed by atoms with van der Waals surface area (Å²) in [4.78, 5) is 6.34. The Morgan fingerprint density at radius 2 is 1.90 bits per heavy atom. The predicted octanol–water partition coefficient (Wildman–Crippen LogP) is 2.22. The third-order valence-corrected chi connectivity index (χ3v) is 2.69. The molecule has 20 heavy (non-hydrogen) atoms. The largest absolute Gasteiger partial charge is 0.353 e. The molecule has 0 radical (unpaired) electrons. The molecule has 0 aliphatic carbocycles. The van der Waals surface area contributed by atoms with E-state index in [1.54, 1.807) is 7.05 Å². The van der Waals surface area contributed by atoms with Gasteiger partial charge in [0, 0.05) is 26.7 Å². The van der Waals surface area contributed by atoms with Crippen molar-refractivity contribution < 1.29 is 0 Å². The fourth-order valence-corrected chi connectivity index (χ4v) is 1.79. The molecule has 5 heteroatoms. The lowest BCUT2D eigenvalue weighted by molar-refractivity contribution is 0.400. The van der Waals surface area contributed by atoms with Crippen molar-refractivity contribution in [3.8, 4) is 0 Å².